The molecule has 1 amide bonds. The fourth-order valence-corrected chi connectivity index (χ4v) is 2.85. The summed E-state index contributed by atoms with van der Waals surface area (Å²) in [5.41, 5.74) is 0.762. The van der Waals surface area contributed by atoms with Gasteiger partial charge in [0.15, 0.2) is 0 Å². The summed E-state index contributed by atoms with van der Waals surface area (Å²) in [5.74, 6) is 0.528. The lowest BCUT2D eigenvalue weighted by Crippen LogP contribution is -2.46. The molecule has 1 aromatic carbocycles. The molecule has 3 rings (SSSR count). The Morgan fingerprint density at radius 2 is 2.33 bits per heavy atom. The lowest BCUT2D eigenvalue weighted by molar-refractivity contribution is -0.0582. The normalized spacial score (nSPS) is 20.4. The zero-order chi connectivity index (χ0) is 17.0. The van der Waals surface area contributed by atoms with E-state index in [2.05, 4.69) is 10.3 Å². The van der Waals surface area contributed by atoms with Gasteiger partial charge in [0.1, 0.15) is 17.0 Å². The molecular weight excluding hydrogens is 312 g/mol. The largest absolute Gasteiger partial charge is 0.497 e. The third kappa shape index (κ3) is 3.53. The zero-order valence-electron chi connectivity index (χ0n) is 13.6. The molecule has 0 spiro atoms. The minimum absolute atomic E-state index is 0.0560. The van der Waals surface area contributed by atoms with Crippen molar-refractivity contribution in [3.05, 3.63) is 30.0 Å². The minimum Gasteiger partial charge on any atom is -0.497 e. The zero-order valence-corrected chi connectivity index (χ0v) is 13.6. The number of nitrogens with one attached hydrogen (secondary N) is 2. The van der Waals surface area contributed by atoms with Crippen molar-refractivity contribution in [1.82, 2.24) is 10.3 Å². The molecule has 1 atom stereocenters. The number of carbonyl (C=O) groups excluding carboxylic acids is 1. The summed E-state index contributed by atoms with van der Waals surface area (Å²) in [5, 5.41) is 12.8. The number of aliphatic hydroxyl groups excluding tert-OH is 1. The van der Waals surface area contributed by atoms with E-state index in [1.807, 2.05) is 18.2 Å². The highest BCUT2D eigenvalue weighted by Crippen LogP contribution is 2.23. The molecule has 1 saturated heterocycles. The summed E-state index contributed by atoms with van der Waals surface area (Å²) in [6.07, 6.45) is 0.692. The van der Waals surface area contributed by atoms with E-state index in [0.29, 0.717) is 31.9 Å². The molecule has 2 aromatic rings. The molecule has 24 heavy (non-hydrogen) atoms. The quantitative estimate of drug-likeness (QED) is 0.704. The Bertz CT molecular complexity index is 706. The van der Waals surface area contributed by atoms with Gasteiger partial charge in [-0.15, -0.1) is 0 Å². The minimum atomic E-state index is -0.562. The van der Waals surface area contributed by atoms with Crippen LogP contribution in [0.3, 0.4) is 0 Å². The highest BCUT2D eigenvalue weighted by molar-refractivity contribution is 5.98. The molecule has 0 aliphatic carbocycles. The van der Waals surface area contributed by atoms with E-state index in [1.54, 1.807) is 13.2 Å². The van der Waals surface area contributed by atoms with Crippen molar-refractivity contribution in [2.45, 2.75) is 12.0 Å². The van der Waals surface area contributed by atoms with Crippen LogP contribution in [0.5, 0.6) is 5.75 Å². The fourth-order valence-electron chi connectivity index (χ4n) is 2.85. The standard InChI is InChI=1S/C17H22N2O5/c1-22-13-3-2-12-8-15(19-14(12)9-13)16(21)18-10-17(24-7-5-20)4-6-23-11-17/h2-3,8-9,19-20H,4-7,10-11H2,1H3,(H,18,21). The molecule has 1 unspecified atom stereocenters. The number of benzene rings is 1. The Labute approximate surface area is 139 Å². The molecule has 2 heterocycles. The maximum Gasteiger partial charge on any atom is 0.267 e. The SMILES string of the molecule is COc1ccc2cc(C(=O)NCC3(OCCO)CCOC3)[nH]c2c1. The van der Waals surface area contributed by atoms with Crippen LogP contribution in [0.4, 0.5) is 0 Å². The second-order valence-corrected chi connectivity index (χ2v) is 5.88. The van der Waals surface area contributed by atoms with E-state index in [1.165, 1.54) is 0 Å². The first kappa shape index (κ1) is 16.8. The molecule has 1 aliphatic rings. The van der Waals surface area contributed by atoms with Crippen LogP contribution in [0.15, 0.2) is 24.3 Å². The summed E-state index contributed by atoms with van der Waals surface area (Å²) in [7, 11) is 1.60. The second kappa shape index (κ2) is 7.21. The Balaban J connectivity index is 1.68. The number of aliphatic hydroxyl groups is 1. The maximum atomic E-state index is 12.4. The lowest BCUT2D eigenvalue weighted by Gasteiger charge is -2.27. The first-order valence-electron chi connectivity index (χ1n) is 7.93. The van der Waals surface area contributed by atoms with E-state index in [0.717, 1.165) is 16.7 Å². The Morgan fingerprint density at radius 1 is 1.46 bits per heavy atom. The number of methoxy groups -OCH3 is 1. The Kier molecular flexibility index (Phi) is 5.03. The number of carbonyl (C=O) groups is 1. The molecule has 1 aliphatic heterocycles. The van der Waals surface area contributed by atoms with Crippen molar-refractivity contribution in [3.8, 4) is 5.75 Å². The van der Waals surface area contributed by atoms with Crippen molar-refractivity contribution in [2.75, 3.05) is 40.1 Å². The number of amides is 1. The predicted octanol–water partition coefficient (Wildman–Crippen LogP) is 1.07. The van der Waals surface area contributed by atoms with E-state index >= 15 is 0 Å². The van der Waals surface area contributed by atoms with Crippen LogP contribution in [-0.2, 0) is 9.47 Å². The summed E-state index contributed by atoms with van der Waals surface area (Å²) < 4.78 is 16.3. The van der Waals surface area contributed by atoms with Crippen molar-refractivity contribution < 1.29 is 24.1 Å². The molecule has 7 nitrogen and oxygen atoms in total. The number of aromatic nitrogens is 1. The van der Waals surface area contributed by atoms with Crippen LogP contribution in [0.2, 0.25) is 0 Å². The van der Waals surface area contributed by atoms with Crippen LogP contribution < -0.4 is 10.1 Å². The summed E-state index contributed by atoms with van der Waals surface area (Å²) >= 11 is 0. The van der Waals surface area contributed by atoms with Crippen LogP contribution in [0, 0.1) is 0 Å². The van der Waals surface area contributed by atoms with Crippen molar-refractivity contribution in [1.29, 1.82) is 0 Å². The van der Waals surface area contributed by atoms with Gasteiger partial charge in [-0.2, -0.15) is 0 Å². The summed E-state index contributed by atoms with van der Waals surface area (Å²) in [6, 6.07) is 7.41. The average molecular weight is 334 g/mol. The van der Waals surface area contributed by atoms with Crippen LogP contribution >= 0.6 is 0 Å². The van der Waals surface area contributed by atoms with Gasteiger partial charge in [0.05, 0.1) is 26.9 Å². The molecule has 3 N–H and O–H groups in total. The predicted molar refractivity (Wildman–Crippen MR) is 88.4 cm³/mol. The topological polar surface area (TPSA) is 92.8 Å². The molecular formula is C17H22N2O5. The van der Waals surface area contributed by atoms with Gasteiger partial charge in [-0.05, 0) is 18.2 Å². The number of aromatic amines is 1. The molecule has 1 aromatic heterocycles. The summed E-state index contributed by atoms with van der Waals surface area (Å²) in [6.45, 7) is 1.51. The van der Waals surface area contributed by atoms with Gasteiger partial charge in [-0.1, -0.05) is 0 Å². The number of hydrogen-bond donors (Lipinski definition) is 3. The Hall–Kier alpha value is -2.09. The lowest BCUT2D eigenvalue weighted by atomic mass is 10.0. The maximum absolute atomic E-state index is 12.4. The van der Waals surface area contributed by atoms with E-state index in [9.17, 15) is 4.79 Å². The first-order chi connectivity index (χ1) is 11.7. The number of rotatable bonds is 7. The molecule has 0 bridgehead atoms. The second-order valence-electron chi connectivity index (χ2n) is 5.88. The van der Waals surface area contributed by atoms with Gasteiger partial charge in [-0.3, -0.25) is 4.79 Å². The monoisotopic (exact) mass is 334 g/mol. The smallest absolute Gasteiger partial charge is 0.267 e. The highest BCUT2D eigenvalue weighted by Gasteiger charge is 2.36. The van der Waals surface area contributed by atoms with Crippen molar-refractivity contribution in [2.24, 2.45) is 0 Å². The van der Waals surface area contributed by atoms with Gasteiger partial charge in [0.2, 0.25) is 0 Å². The molecule has 7 heteroatoms. The first-order valence-corrected chi connectivity index (χ1v) is 7.93. The van der Waals surface area contributed by atoms with Gasteiger partial charge in [0, 0.05) is 36.5 Å². The van der Waals surface area contributed by atoms with E-state index < -0.39 is 5.60 Å². The summed E-state index contributed by atoms with van der Waals surface area (Å²) in [4.78, 5) is 15.5. The van der Waals surface area contributed by atoms with Crippen LogP contribution in [0.25, 0.3) is 10.9 Å². The van der Waals surface area contributed by atoms with Crippen LogP contribution in [0.1, 0.15) is 16.9 Å². The van der Waals surface area contributed by atoms with Gasteiger partial charge in [-0.25, -0.2) is 0 Å². The van der Waals surface area contributed by atoms with Gasteiger partial charge in [0.25, 0.3) is 5.91 Å². The number of fused-ring (bicyclic) bond motifs is 1. The number of ether oxygens (including phenoxy) is 3. The number of H-pyrrole nitrogens is 1. The highest BCUT2D eigenvalue weighted by atomic mass is 16.6. The Morgan fingerprint density at radius 3 is 3.04 bits per heavy atom. The number of hydrogen-bond acceptors (Lipinski definition) is 5. The molecule has 130 valence electrons. The van der Waals surface area contributed by atoms with Gasteiger partial charge < -0.3 is 29.6 Å². The third-order valence-electron chi connectivity index (χ3n) is 4.21. The third-order valence-corrected chi connectivity index (χ3v) is 4.21. The van der Waals surface area contributed by atoms with Gasteiger partial charge >= 0.3 is 0 Å². The van der Waals surface area contributed by atoms with Crippen LogP contribution in [-0.4, -0.2) is 61.7 Å². The van der Waals surface area contributed by atoms with Crippen molar-refractivity contribution in [3.63, 3.8) is 0 Å². The molecule has 1 fully saturated rings. The molecule has 0 radical (unpaired) electrons. The molecule has 0 saturated carbocycles. The van der Waals surface area contributed by atoms with E-state index in [4.69, 9.17) is 19.3 Å². The fraction of sp³-hybridized carbons (Fsp3) is 0.471. The van der Waals surface area contributed by atoms with E-state index in [-0.39, 0.29) is 19.1 Å². The average Bonchev–Trinajstić information content (AvgIpc) is 3.24. The van der Waals surface area contributed by atoms with Crippen molar-refractivity contribution >= 4 is 16.8 Å².